The number of hydrogen-bond donors (Lipinski definition) is 2. The Hall–Kier alpha value is -2.11. The largest absolute Gasteiger partial charge is 0.377 e. The molecule has 21 heavy (non-hydrogen) atoms. The molecule has 1 aromatic rings. The number of nitro groups is 1. The third-order valence-electron chi connectivity index (χ3n) is 3.28. The minimum atomic E-state index is -0.455. The molecule has 0 aliphatic rings. The molecule has 1 rings (SSSR count). The molecular formula is C15H23N3O3. The van der Waals surface area contributed by atoms with Crippen molar-refractivity contribution in [2.24, 2.45) is 0 Å². The van der Waals surface area contributed by atoms with Gasteiger partial charge in [0.25, 0.3) is 11.6 Å². The fourth-order valence-corrected chi connectivity index (χ4v) is 2.16. The van der Waals surface area contributed by atoms with Crippen LogP contribution in [0.1, 0.15) is 50.4 Å². The Morgan fingerprint density at radius 3 is 2.57 bits per heavy atom. The summed E-state index contributed by atoms with van der Waals surface area (Å²) in [6.07, 6.45) is 2.85. The summed E-state index contributed by atoms with van der Waals surface area (Å²) >= 11 is 0. The molecule has 1 unspecified atom stereocenters. The minimum absolute atomic E-state index is 0.0618. The van der Waals surface area contributed by atoms with Crippen LogP contribution < -0.4 is 10.6 Å². The van der Waals surface area contributed by atoms with Gasteiger partial charge < -0.3 is 10.6 Å². The standard InChI is InChI=1S/C15H23N3O3/c1-4-7-12(5-2)17-13-9-8-11(15(19)16-6-3)10-14(13)18(20)21/h8-10,12,17H,4-7H2,1-3H3,(H,16,19). The summed E-state index contributed by atoms with van der Waals surface area (Å²) in [5.74, 6) is -0.298. The summed E-state index contributed by atoms with van der Waals surface area (Å²) in [6, 6.07) is 4.75. The van der Waals surface area contributed by atoms with E-state index >= 15 is 0 Å². The van der Waals surface area contributed by atoms with Gasteiger partial charge in [0.15, 0.2) is 0 Å². The number of hydrogen-bond acceptors (Lipinski definition) is 4. The smallest absolute Gasteiger partial charge is 0.293 e. The summed E-state index contributed by atoms with van der Waals surface area (Å²) < 4.78 is 0. The van der Waals surface area contributed by atoms with Crippen molar-refractivity contribution in [3.05, 3.63) is 33.9 Å². The maximum Gasteiger partial charge on any atom is 0.293 e. The number of anilines is 1. The van der Waals surface area contributed by atoms with Crippen molar-refractivity contribution in [2.45, 2.75) is 46.1 Å². The highest BCUT2D eigenvalue weighted by Crippen LogP contribution is 2.27. The Morgan fingerprint density at radius 1 is 1.33 bits per heavy atom. The topological polar surface area (TPSA) is 84.3 Å². The maximum atomic E-state index is 11.8. The summed E-state index contributed by atoms with van der Waals surface area (Å²) in [6.45, 7) is 6.42. The predicted molar refractivity (Wildman–Crippen MR) is 83.7 cm³/mol. The highest BCUT2D eigenvalue weighted by Gasteiger charge is 2.19. The Labute approximate surface area is 125 Å². The average Bonchev–Trinajstić information content (AvgIpc) is 2.47. The van der Waals surface area contributed by atoms with E-state index in [1.807, 2.05) is 6.92 Å². The molecule has 0 aliphatic heterocycles. The lowest BCUT2D eigenvalue weighted by Crippen LogP contribution is -2.23. The normalized spacial score (nSPS) is 11.8. The zero-order valence-electron chi connectivity index (χ0n) is 12.8. The minimum Gasteiger partial charge on any atom is -0.377 e. The molecule has 0 radical (unpaired) electrons. The Bertz CT molecular complexity index is 503. The van der Waals surface area contributed by atoms with Gasteiger partial charge in [0.05, 0.1) is 4.92 Å². The van der Waals surface area contributed by atoms with E-state index in [-0.39, 0.29) is 17.6 Å². The first-order chi connectivity index (χ1) is 10.0. The van der Waals surface area contributed by atoms with Crippen molar-refractivity contribution in [3.63, 3.8) is 0 Å². The van der Waals surface area contributed by atoms with Crippen LogP contribution in [0.5, 0.6) is 0 Å². The zero-order valence-corrected chi connectivity index (χ0v) is 12.8. The van der Waals surface area contributed by atoms with E-state index in [0.717, 1.165) is 19.3 Å². The van der Waals surface area contributed by atoms with Crippen molar-refractivity contribution >= 4 is 17.3 Å². The molecule has 0 aliphatic carbocycles. The van der Waals surface area contributed by atoms with Crippen LogP contribution in [0.2, 0.25) is 0 Å². The second kappa shape index (κ2) is 8.24. The first kappa shape index (κ1) is 16.9. The van der Waals surface area contributed by atoms with Crippen molar-refractivity contribution in [1.29, 1.82) is 0 Å². The lowest BCUT2D eigenvalue weighted by atomic mass is 10.1. The molecule has 1 aromatic carbocycles. The summed E-state index contributed by atoms with van der Waals surface area (Å²) in [4.78, 5) is 22.5. The van der Waals surface area contributed by atoms with E-state index < -0.39 is 4.92 Å². The molecule has 2 N–H and O–H groups in total. The van der Waals surface area contributed by atoms with Crippen molar-refractivity contribution < 1.29 is 9.72 Å². The number of carbonyl (C=O) groups is 1. The van der Waals surface area contributed by atoms with Gasteiger partial charge in [0.2, 0.25) is 0 Å². The SMILES string of the molecule is CCCC(CC)Nc1ccc(C(=O)NCC)cc1[N+](=O)[O-]. The number of rotatable bonds is 8. The van der Waals surface area contributed by atoms with Gasteiger partial charge in [-0.05, 0) is 31.9 Å². The molecule has 0 bridgehead atoms. The Morgan fingerprint density at radius 2 is 2.05 bits per heavy atom. The summed E-state index contributed by atoms with van der Waals surface area (Å²) in [5, 5.41) is 17.1. The van der Waals surface area contributed by atoms with Gasteiger partial charge in [0.1, 0.15) is 5.69 Å². The van der Waals surface area contributed by atoms with Crippen molar-refractivity contribution in [3.8, 4) is 0 Å². The fraction of sp³-hybridized carbons (Fsp3) is 0.533. The second-order valence-electron chi connectivity index (χ2n) is 4.89. The molecular weight excluding hydrogens is 270 g/mol. The van der Waals surface area contributed by atoms with E-state index in [4.69, 9.17) is 0 Å². The van der Waals surface area contributed by atoms with Crippen LogP contribution in [0.3, 0.4) is 0 Å². The van der Waals surface area contributed by atoms with Crippen LogP contribution in [-0.4, -0.2) is 23.4 Å². The van der Waals surface area contributed by atoms with Crippen molar-refractivity contribution in [1.82, 2.24) is 5.32 Å². The number of carbonyl (C=O) groups excluding carboxylic acids is 1. The number of nitrogens with zero attached hydrogens (tertiary/aromatic N) is 1. The summed E-state index contributed by atoms with van der Waals surface area (Å²) in [5.41, 5.74) is 0.708. The van der Waals surface area contributed by atoms with Gasteiger partial charge in [-0.25, -0.2) is 0 Å². The molecule has 0 fully saturated rings. The van der Waals surface area contributed by atoms with E-state index in [1.54, 1.807) is 19.1 Å². The molecule has 0 spiro atoms. The van der Waals surface area contributed by atoms with Crippen LogP contribution in [0, 0.1) is 10.1 Å². The highest BCUT2D eigenvalue weighted by molar-refractivity contribution is 5.95. The van der Waals surface area contributed by atoms with Gasteiger partial charge in [-0.15, -0.1) is 0 Å². The maximum absolute atomic E-state index is 11.8. The van der Waals surface area contributed by atoms with Gasteiger partial charge in [-0.2, -0.15) is 0 Å². The molecule has 6 heteroatoms. The van der Waals surface area contributed by atoms with Crippen LogP contribution in [0.4, 0.5) is 11.4 Å². The quantitative estimate of drug-likeness (QED) is 0.568. The molecule has 0 saturated heterocycles. The first-order valence-corrected chi connectivity index (χ1v) is 7.36. The van der Waals surface area contributed by atoms with Crippen LogP contribution in [-0.2, 0) is 0 Å². The molecule has 6 nitrogen and oxygen atoms in total. The van der Waals surface area contributed by atoms with E-state index in [1.165, 1.54) is 6.07 Å². The molecule has 1 atom stereocenters. The number of benzene rings is 1. The highest BCUT2D eigenvalue weighted by atomic mass is 16.6. The Balaban J connectivity index is 3.04. The fourth-order valence-electron chi connectivity index (χ4n) is 2.16. The number of amides is 1. The third-order valence-corrected chi connectivity index (χ3v) is 3.28. The summed E-state index contributed by atoms with van der Waals surface area (Å²) in [7, 11) is 0. The molecule has 0 aromatic heterocycles. The second-order valence-corrected chi connectivity index (χ2v) is 4.89. The molecule has 1 amide bonds. The average molecular weight is 293 g/mol. The van der Waals surface area contributed by atoms with Gasteiger partial charge in [0, 0.05) is 24.2 Å². The molecule has 0 saturated carbocycles. The monoisotopic (exact) mass is 293 g/mol. The van der Waals surface area contributed by atoms with Crippen LogP contribution in [0.25, 0.3) is 0 Å². The molecule has 0 heterocycles. The van der Waals surface area contributed by atoms with Gasteiger partial charge in [-0.3, -0.25) is 14.9 Å². The first-order valence-electron chi connectivity index (χ1n) is 7.36. The predicted octanol–water partition coefficient (Wildman–Crippen LogP) is 3.34. The van der Waals surface area contributed by atoms with Crippen LogP contribution >= 0.6 is 0 Å². The van der Waals surface area contributed by atoms with E-state index in [0.29, 0.717) is 17.8 Å². The zero-order chi connectivity index (χ0) is 15.8. The van der Waals surface area contributed by atoms with E-state index in [9.17, 15) is 14.9 Å². The lowest BCUT2D eigenvalue weighted by molar-refractivity contribution is -0.384. The van der Waals surface area contributed by atoms with Crippen molar-refractivity contribution in [2.75, 3.05) is 11.9 Å². The van der Waals surface area contributed by atoms with E-state index in [2.05, 4.69) is 17.6 Å². The third kappa shape index (κ3) is 4.73. The van der Waals surface area contributed by atoms with Gasteiger partial charge >= 0.3 is 0 Å². The number of nitrogens with one attached hydrogen (secondary N) is 2. The number of nitro benzene ring substituents is 1. The molecule has 116 valence electrons. The van der Waals surface area contributed by atoms with Gasteiger partial charge in [-0.1, -0.05) is 20.3 Å². The lowest BCUT2D eigenvalue weighted by Gasteiger charge is -2.17. The Kier molecular flexibility index (Phi) is 6.65. The van der Waals surface area contributed by atoms with Crippen LogP contribution in [0.15, 0.2) is 18.2 Å².